The molecule has 4 rings (SSSR count). The number of aromatic nitrogens is 2. The lowest BCUT2D eigenvalue weighted by molar-refractivity contribution is -0.135. The third-order valence-electron chi connectivity index (χ3n) is 5.15. The smallest absolute Gasteiger partial charge is 0.261 e. The van der Waals surface area contributed by atoms with Gasteiger partial charge in [0.1, 0.15) is 11.6 Å². The van der Waals surface area contributed by atoms with E-state index in [2.05, 4.69) is 9.97 Å². The van der Waals surface area contributed by atoms with E-state index in [9.17, 15) is 9.59 Å². The van der Waals surface area contributed by atoms with Crippen LogP contribution in [-0.2, 0) is 16.1 Å². The van der Waals surface area contributed by atoms with E-state index >= 15 is 0 Å². The Hall–Kier alpha value is -3.70. The molecule has 1 aliphatic rings. The number of nitrogens with one attached hydrogen (secondary N) is 1. The summed E-state index contributed by atoms with van der Waals surface area (Å²) in [5, 5.41) is 9.39. The summed E-state index contributed by atoms with van der Waals surface area (Å²) in [7, 11) is 0. The molecule has 1 aliphatic heterocycles. The van der Waals surface area contributed by atoms with E-state index < -0.39 is 0 Å². The molecule has 1 amide bonds. The quantitative estimate of drug-likeness (QED) is 0.631. The Morgan fingerprint density at radius 2 is 2.06 bits per heavy atom. The van der Waals surface area contributed by atoms with Crippen LogP contribution in [0.15, 0.2) is 53.3 Å². The molecular formula is C23H22N4O4. The van der Waals surface area contributed by atoms with Gasteiger partial charge in [-0.1, -0.05) is 12.1 Å². The zero-order valence-corrected chi connectivity index (χ0v) is 16.9. The second-order valence-electron chi connectivity index (χ2n) is 7.36. The summed E-state index contributed by atoms with van der Waals surface area (Å²) in [5.41, 5.74) is 0.864. The molecule has 1 fully saturated rings. The summed E-state index contributed by atoms with van der Waals surface area (Å²) >= 11 is 0. The highest BCUT2D eigenvalue weighted by atomic mass is 16.5. The van der Waals surface area contributed by atoms with E-state index in [-0.39, 0.29) is 30.7 Å². The van der Waals surface area contributed by atoms with Crippen LogP contribution in [0.2, 0.25) is 0 Å². The molecule has 2 aromatic carbocycles. The molecule has 1 aromatic heterocycles. The van der Waals surface area contributed by atoms with Gasteiger partial charge in [0.05, 0.1) is 35.2 Å². The van der Waals surface area contributed by atoms with Gasteiger partial charge in [-0.25, -0.2) is 4.98 Å². The monoisotopic (exact) mass is 418 g/mol. The van der Waals surface area contributed by atoms with Crippen LogP contribution >= 0.6 is 0 Å². The number of fused-ring (bicyclic) bond motifs is 1. The van der Waals surface area contributed by atoms with Gasteiger partial charge in [-0.15, -0.1) is 0 Å². The first-order valence-corrected chi connectivity index (χ1v) is 10.1. The van der Waals surface area contributed by atoms with Crippen LogP contribution in [0.25, 0.3) is 10.9 Å². The van der Waals surface area contributed by atoms with Gasteiger partial charge in [-0.3, -0.25) is 9.59 Å². The maximum atomic E-state index is 13.0. The van der Waals surface area contributed by atoms with Crippen molar-refractivity contribution < 1.29 is 14.3 Å². The van der Waals surface area contributed by atoms with E-state index in [4.69, 9.17) is 14.7 Å². The molecule has 158 valence electrons. The molecule has 1 N–H and O–H groups in total. The number of nitriles is 1. The lowest BCUT2D eigenvalue weighted by Gasteiger charge is -2.25. The fourth-order valence-electron chi connectivity index (χ4n) is 3.54. The summed E-state index contributed by atoms with van der Waals surface area (Å²) in [5.74, 6) is 0.672. The van der Waals surface area contributed by atoms with Gasteiger partial charge in [0, 0.05) is 13.2 Å². The van der Waals surface area contributed by atoms with Crippen LogP contribution in [0.1, 0.15) is 24.2 Å². The minimum absolute atomic E-state index is 0.0500. The van der Waals surface area contributed by atoms with Gasteiger partial charge in [-0.05, 0) is 49.2 Å². The van der Waals surface area contributed by atoms with E-state index in [0.717, 1.165) is 12.8 Å². The molecular weight excluding hydrogens is 396 g/mol. The molecule has 0 radical (unpaired) electrons. The van der Waals surface area contributed by atoms with E-state index in [1.54, 1.807) is 47.4 Å². The maximum Gasteiger partial charge on any atom is 0.261 e. The van der Waals surface area contributed by atoms with Gasteiger partial charge in [-0.2, -0.15) is 5.26 Å². The highest BCUT2D eigenvalue weighted by Crippen LogP contribution is 2.16. The number of H-pyrrole nitrogens is 1. The number of ether oxygens (including phenoxy) is 2. The third kappa shape index (κ3) is 5.08. The third-order valence-corrected chi connectivity index (χ3v) is 5.15. The number of aromatic amines is 1. The summed E-state index contributed by atoms with van der Waals surface area (Å²) in [4.78, 5) is 34.2. The van der Waals surface area contributed by atoms with Crippen molar-refractivity contribution in [2.45, 2.75) is 25.5 Å². The molecule has 3 aromatic rings. The number of para-hydroxylation sites is 1. The lowest BCUT2D eigenvalue weighted by atomic mass is 10.2. The van der Waals surface area contributed by atoms with Crippen LogP contribution in [0.5, 0.6) is 5.75 Å². The molecule has 8 nitrogen and oxygen atoms in total. The van der Waals surface area contributed by atoms with Crippen molar-refractivity contribution >= 4 is 16.8 Å². The first-order valence-electron chi connectivity index (χ1n) is 10.1. The van der Waals surface area contributed by atoms with Gasteiger partial charge >= 0.3 is 0 Å². The zero-order valence-electron chi connectivity index (χ0n) is 16.9. The molecule has 0 bridgehead atoms. The zero-order chi connectivity index (χ0) is 21.6. The van der Waals surface area contributed by atoms with Gasteiger partial charge in [0.2, 0.25) is 0 Å². The summed E-state index contributed by atoms with van der Waals surface area (Å²) in [6.45, 7) is 1.05. The number of nitrogens with zero attached hydrogens (tertiary/aromatic N) is 3. The average molecular weight is 418 g/mol. The molecule has 1 atom stereocenters. The standard InChI is InChI=1S/C23H22N4O4/c24-12-16-7-9-17(10-8-16)31-15-22(28)27(13-18-4-3-11-30-18)14-21-25-20-6-2-1-5-19(20)23(29)26-21/h1-2,5-10,18H,3-4,11,13-15H2,(H,25,26,29). The Kier molecular flexibility index (Phi) is 6.24. The van der Waals surface area contributed by atoms with Crippen LogP contribution in [0.3, 0.4) is 0 Å². The topological polar surface area (TPSA) is 108 Å². The largest absolute Gasteiger partial charge is 0.484 e. The van der Waals surface area contributed by atoms with Crippen molar-refractivity contribution in [3.05, 3.63) is 70.3 Å². The highest BCUT2D eigenvalue weighted by molar-refractivity contribution is 5.78. The minimum Gasteiger partial charge on any atom is -0.484 e. The Morgan fingerprint density at radius 1 is 1.26 bits per heavy atom. The van der Waals surface area contributed by atoms with Crippen molar-refractivity contribution in [3.8, 4) is 11.8 Å². The van der Waals surface area contributed by atoms with Crippen LogP contribution in [0, 0.1) is 11.3 Å². The van der Waals surface area contributed by atoms with Crippen LogP contribution in [-0.4, -0.2) is 46.6 Å². The van der Waals surface area contributed by atoms with Crippen molar-refractivity contribution in [3.63, 3.8) is 0 Å². The summed E-state index contributed by atoms with van der Waals surface area (Å²) in [6.07, 6.45) is 1.78. The predicted octanol–water partition coefficient (Wildman–Crippen LogP) is 2.38. The lowest BCUT2D eigenvalue weighted by Crippen LogP contribution is -2.40. The minimum atomic E-state index is -0.240. The molecule has 31 heavy (non-hydrogen) atoms. The fraction of sp³-hybridized carbons (Fsp3) is 0.304. The van der Waals surface area contributed by atoms with Gasteiger partial charge in [0.15, 0.2) is 6.61 Å². The van der Waals surface area contributed by atoms with Crippen molar-refractivity contribution in [1.82, 2.24) is 14.9 Å². The van der Waals surface area contributed by atoms with Gasteiger partial charge in [0.25, 0.3) is 11.5 Å². The second-order valence-corrected chi connectivity index (χ2v) is 7.36. The normalized spacial score (nSPS) is 15.5. The van der Waals surface area contributed by atoms with Crippen molar-refractivity contribution in [2.24, 2.45) is 0 Å². The Bertz CT molecular complexity index is 1160. The number of hydrogen-bond acceptors (Lipinski definition) is 6. The SMILES string of the molecule is N#Cc1ccc(OCC(=O)N(Cc2nc3ccccc3c(=O)[nH]2)CC2CCCO2)cc1. The first kappa shape index (κ1) is 20.6. The maximum absolute atomic E-state index is 13.0. The Balaban J connectivity index is 1.50. The number of carbonyl (C=O) groups is 1. The molecule has 0 saturated carbocycles. The molecule has 0 aliphatic carbocycles. The van der Waals surface area contributed by atoms with E-state index in [1.165, 1.54) is 0 Å². The number of carbonyl (C=O) groups excluding carboxylic acids is 1. The average Bonchev–Trinajstić information content (AvgIpc) is 3.30. The second kappa shape index (κ2) is 9.41. The molecule has 0 spiro atoms. The number of hydrogen-bond donors (Lipinski definition) is 1. The molecule has 2 heterocycles. The van der Waals surface area contributed by atoms with Crippen molar-refractivity contribution in [2.75, 3.05) is 19.8 Å². The first-order chi connectivity index (χ1) is 15.1. The van der Waals surface area contributed by atoms with Crippen molar-refractivity contribution in [1.29, 1.82) is 5.26 Å². The van der Waals surface area contributed by atoms with Crippen LogP contribution < -0.4 is 10.3 Å². The predicted molar refractivity (Wildman–Crippen MR) is 113 cm³/mol. The number of amides is 1. The number of rotatable bonds is 7. The van der Waals surface area contributed by atoms with Gasteiger partial charge < -0.3 is 19.4 Å². The Labute approximate surface area is 179 Å². The van der Waals surface area contributed by atoms with E-state index in [0.29, 0.717) is 41.2 Å². The number of benzene rings is 2. The molecule has 1 saturated heterocycles. The molecule has 1 unspecified atom stereocenters. The van der Waals surface area contributed by atoms with Crippen LogP contribution in [0.4, 0.5) is 0 Å². The van der Waals surface area contributed by atoms with E-state index in [1.807, 2.05) is 12.1 Å². The fourth-order valence-corrected chi connectivity index (χ4v) is 3.54. The summed E-state index contributed by atoms with van der Waals surface area (Å²) < 4.78 is 11.3. The Morgan fingerprint density at radius 3 is 2.81 bits per heavy atom. The summed E-state index contributed by atoms with van der Waals surface area (Å²) in [6, 6.07) is 15.7. The highest BCUT2D eigenvalue weighted by Gasteiger charge is 2.24. The molecule has 8 heteroatoms.